The first kappa shape index (κ1) is 15.9. The molecule has 6 heteroatoms. The molecule has 0 aliphatic heterocycles. The third-order valence-electron chi connectivity index (χ3n) is 3.04. The molecule has 0 fully saturated rings. The van der Waals surface area contributed by atoms with Crippen molar-refractivity contribution in [3.05, 3.63) is 58.6 Å². The number of benzene rings is 2. The van der Waals surface area contributed by atoms with Crippen LogP contribution in [0.5, 0.6) is 0 Å². The van der Waals surface area contributed by atoms with Crippen LogP contribution in [0.25, 0.3) is 0 Å². The SMILES string of the molecule is Cc1ccc(CNC(=O)C(=O)Nc2ccc(N)c(Cl)c2)cc1. The fourth-order valence-electron chi connectivity index (χ4n) is 1.76. The number of nitrogens with two attached hydrogens (primary N) is 1. The third-order valence-corrected chi connectivity index (χ3v) is 3.37. The van der Waals surface area contributed by atoms with Gasteiger partial charge in [-0.25, -0.2) is 0 Å². The Morgan fingerprint density at radius 2 is 1.77 bits per heavy atom. The lowest BCUT2D eigenvalue weighted by atomic mass is 10.1. The van der Waals surface area contributed by atoms with Crippen LogP contribution in [-0.2, 0) is 16.1 Å². The van der Waals surface area contributed by atoms with Crippen molar-refractivity contribution < 1.29 is 9.59 Å². The molecule has 0 spiro atoms. The van der Waals surface area contributed by atoms with E-state index in [4.69, 9.17) is 17.3 Å². The summed E-state index contributed by atoms with van der Waals surface area (Å²) >= 11 is 5.85. The van der Waals surface area contributed by atoms with Gasteiger partial charge < -0.3 is 16.4 Å². The van der Waals surface area contributed by atoms with Crippen LogP contribution in [0.15, 0.2) is 42.5 Å². The summed E-state index contributed by atoms with van der Waals surface area (Å²) < 4.78 is 0. The first-order valence-electron chi connectivity index (χ1n) is 6.65. The molecular formula is C16H16ClN3O2. The van der Waals surface area contributed by atoms with E-state index in [2.05, 4.69) is 10.6 Å². The Kier molecular flexibility index (Phi) is 5.01. The highest BCUT2D eigenvalue weighted by Crippen LogP contribution is 2.22. The third kappa shape index (κ3) is 4.23. The minimum atomic E-state index is -0.757. The quantitative estimate of drug-likeness (QED) is 0.600. The molecular weight excluding hydrogens is 302 g/mol. The summed E-state index contributed by atoms with van der Waals surface area (Å²) in [6, 6.07) is 12.3. The number of carbonyl (C=O) groups excluding carboxylic acids is 2. The van der Waals surface area contributed by atoms with E-state index in [1.54, 1.807) is 12.1 Å². The highest BCUT2D eigenvalue weighted by atomic mass is 35.5. The Bertz CT molecular complexity index is 699. The molecule has 0 heterocycles. The van der Waals surface area contributed by atoms with Crippen LogP contribution in [0.2, 0.25) is 5.02 Å². The van der Waals surface area contributed by atoms with Crippen LogP contribution in [0.3, 0.4) is 0 Å². The zero-order valence-electron chi connectivity index (χ0n) is 12.0. The van der Waals surface area contributed by atoms with E-state index in [9.17, 15) is 9.59 Å². The largest absolute Gasteiger partial charge is 0.398 e. The van der Waals surface area contributed by atoms with E-state index >= 15 is 0 Å². The molecule has 5 nitrogen and oxygen atoms in total. The number of rotatable bonds is 3. The molecule has 0 radical (unpaired) electrons. The molecule has 0 saturated heterocycles. The van der Waals surface area contributed by atoms with Gasteiger partial charge in [0.25, 0.3) is 0 Å². The molecule has 2 aromatic rings. The lowest BCUT2D eigenvalue weighted by Gasteiger charge is -2.08. The first-order chi connectivity index (χ1) is 10.5. The first-order valence-corrected chi connectivity index (χ1v) is 7.03. The van der Waals surface area contributed by atoms with Crippen molar-refractivity contribution in [1.82, 2.24) is 5.32 Å². The maximum atomic E-state index is 11.8. The van der Waals surface area contributed by atoms with Crippen molar-refractivity contribution in [2.24, 2.45) is 0 Å². The Balaban J connectivity index is 1.90. The highest BCUT2D eigenvalue weighted by molar-refractivity contribution is 6.40. The fourth-order valence-corrected chi connectivity index (χ4v) is 1.94. The van der Waals surface area contributed by atoms with Gasteiger partial charge in [-0.15, -0.1) is 0 Å². The summed E-state index contributed by atoms with van der Waals surface area (Å²) in [4.78, 5) is 23.5. The molecule has 0 aromatic heterocycles. The number of aryl methyl sites for hydroxylation is 1. The summed E-state index contributed by atoms with van der Waals surface area (Å²) in [5.41, 5.74) is 8.45. The predicted molar refractivity (Wildman–Crippen MR) is 87.5 cm³/mol. The summed E-state index contributed by atoms with van der Waals surface area (Å²) in [7, 11) is 0. The van der Waals surface area contributed by atoms with Gasteiger partial charge in [0.15, 0.2) is 0 Å². The van der Waals surface area contributed by atoms with E-state index in [0.717, 1.165) is 11.1 Å². The topological polar surface area (TPSA) is 84.2 Å². The van der Waals surface area contributed by atoms with E-state index in [-0.39, 0.29) is 6.54 Å². The van der Waals surface area contributed by atoms with E-state index in [1.165, 1.54) is 6.07 Å². The zero-order chi connectivity index (χ0) is 16.1. The van der Waals surface area contributed by atoms with Gasteiger partial charge in [-0.1, -0.05) is 41.4 Å². The number of hydrogen-bond donors (Lipinski definition) is 3. The second kappa shape index (κ2) is 6.95. The Morgan fingerprint density at radius 3 is 2.41 bits per heavy atom. The second-order valence-corrected chi connectivity index (χ2v) is 5.27. The number of nitrogens with one attached hydrogen (secondary N) is 2. The molecule has 2 aromatic carbocycles. The summed E-state index contributed by atoms with van der Waals surface area (Å²) in [5, 5.41) is 5.34. The summed E-state index contributed by atoms with van der Waals surface area (Å²) in [6.07, 6.45) is 0. The normalized spacial score (nSPS) is 10.1. The van der Waals surface area contributed by atoms with Crippen molar-refractivity contribution in [2.45, 2.75) is 13.5 Å². The van der Waals surface area contributed by atoms with E-state index in [1.807, 2.05) is 31.2 Å². The van der Waals surface area contributed by atoms with Crippen molar-refractivity contribution in [2.75, 3.05) is 11.1 Å². The molecule has 0 atom stereocenters. The Labute approximate surface area is 133 Å². The van der Waals surface area contributed by atoms with Crippen LogP contribution in [0.4, 0.5) is 11.4 Å². The number of anilines is 2. The van der Waals surface area contributed by atoms with Crippen LogP contribution in [0.1, 0.15) is 11.1 Å². The lowest BCUT2D eigenvalue weighted by Crippen LogP contribution is -2.34. The molecule has 4 N–H and O–H groups in total. The van der Waals surface area contributed by atoms with Crippen molar-refractivity contribution in [1.29, 1.82) is 0 Å². The van der Waals surface area contributed by atoms with Gasteiger partial charge in [0.2, 0.25) is 0 Å². The Morgan fingerprint density at radius 1 is 1.09 bits per heavy atom. The molecule has 0 bridgehead atoms. The average molecular weight is 318 g/mol. The van der Waals surface area contributed by atoms with Gasteiger partial charge >= 0.3 is 11.8 Å². The van der Waals surface area contributed by atoms with Gasteiger partial charge in [-0.2, -0.15) is 0 Å². The van der Waals surface area contributed by atoms with Crippen LogP contribution >= 0.6 is 11.6 Å². The monoisotopic (exact) mass is 317 g/mol. The zero-order valence-corrected chi connectivity index (χ0v) is 12.8. The van der Waals surface area contributed by atoms with Gasteiger partial charge in [0, 0.05) is 12.2 Å². The summed E-state index contributed by atoms with van der Waals surface area (Å²) in [5.74, 6) is -1.47. The van der Waals surface area contributed by atoms with Gasteiger partial charge in [-0.05, 0) is 30.7 Å². The average Bonchev–Trinajstić information content (AvgIpc) is 2.50. The number of hydrogen-bond acceptors (Lipinski definition) is 3. The van der Waals surface area contributed by atoms with Crippen molar-refractivity contribution in [3.63, 3.8) is 0 Å². The van der Waals surface area contributed by atoms with Gasteiger partial charge in [0.05, 0.1) is 10.7 Å². The number of carbonyl (C=O) groups is 2. The maximum absolute atomic E-state index is 11.8. The fraction of sp³-hybridized carbons (Fsp3) is 0.125. The van der Waals surface area contributed by atoms with Gasteiger partial charge in [0.1, 0.15) is 0 Å². The van der Waals surface area contributed by atoms with Crippen molar-refractivity contribution in [3.8, 4) is 0 Å². The number of halogens is 1. The van der Waals surface area contributed by atoms with Crippen molar-refractivity contribution >= 4 is 34.8 Å². The minimum absolute atomic E-state index is 0.287. The molecule has 22 heavy (non-hydrogen) atoms. The maximum Gasteiger partial charge on any atom is 0.313 e. The lowest BCUT2D eigenvalue weighted by molar-refractivity contribution is -0.136. The van der Waals surface area contributed by atoms with E-state index < -0.39 is 11.8 Å². The number of amides is 2. The van der Waals surface area contributed by atoms with Crippen LogP contribution < -0.4 is 16.4 Å². The molecule has 0 saturated carbocycles. The molecule has 0 unspecified atom stereocenters. The molecule has 114 valence electrons. The summed E-state index contributed by atoms with van der Waals surface area (Å²) in [6.45, 7) is 2.27. The molecule has 2 amide bonds. The highest BCUT2D eigenvalue weighted by Gasteiger charge is 2.13. The second-order valence-electron chi connectivity index (χ2n) is 4.86. The molecule has 0 aliphatic carbocycles. The smallest absolute Gasteiger partial charge is 0.313 e. The van der Waals surface area contributed by atoms with Gasteiger partial charge in [-0.3, -0.25) is 9.59 Å². The number of nitrogen functional groups attached to an aromatic ring is 1. The minimum Gasteiger partial charge on any atom is -0.398 e. The van der Waals surface area contributed by atoms with E-state index in [0.29, 0.717) is 16.4 Å². The van der Waals surface area contributed by atoms with Crippen LogP contribution in [-0.4, -0.2) is 11.8 Å². The molecule has 2 rings (SSSR count). The van der Waals surface area contributed by atoms with Crippen LogP contribution in [0, 0.1) is 6.92 Å². The standard InChI is InChI=1S/C16H16ClN3O2/c1-10-2-4-11(5-3-10)9-19-15(21)16(22)20-12-6-7-14(18)13(17)8-12/h2-8H,9,18H2,1H3,(H,19,21)(H,20,22). The molecule has 0 aliphatic rings. The predicted octanol–water partition coefficient (Wildman–Crippen LogP) is 2.49. The Hall–Kier alpha value is -2.53.